The molecule has 162 valence electrons. The van der Waals surface area contributed by atoms with Gasteiger partial charge in [0.25, 0.3) is 0 Å². The highest BCUT2D eigenvalue weighted by molar-refractivity contribution is 7.99. The molecule has 0 aromatic heterocycles. The number of amides is 2. The lowest BCUT2D eigenvalue weighted by Crippen LogP contribution is -2.49. The zero-order chi connectivity index (χ0) is 21.8. The Morgan fingerprint density at radius 3 is 2.47 bits per heavy atom. The number of thioether (sulfide) groups is 1. The molecule has 4 nitrogen and oxygen atoms in total. The van der Waals surface area contributed by atoms with Crippen molar-refractivity contribution in [2.75, 3.05) is 18.8 Å². The van der Waals surface area contributed by atoms with E-state index in [0.29, 0.717) is 30.3 Å². The Labute approximate surface area is 189 Å². The van der Waals surface area contributed by atoms with Crippen molar-refractivity contribution in [1.29, 1.82) is 0 Å². The van der Waals surface area contributed by atoms with Crippen molar-refractivity contribution in [3.8, 4) is 0 Å². The van der Waals surface area contributed by atoms with Crippen LogP contribution in [-0.4, -0.2) is 41.6 Å². The molecule has 0 bridgehead atoms. The van der Waals surface area contributed by atoms with Gasteiger partial charge in [0.2, 0.25) is 11.8 Å². The fourth-order valence-corrected chi connectivity index (χ4v) is 4.00. The van der Waals surface area contributed by atoms with E-state index < -0.39 is 6.04 Å². The Bertz CT molecular complexity index is 784. The lowest BCUT2D eigenvalue weighted by molar-refractivity contribution is -0.139. The normalized spacial score (nSPS) is 11.7. The molecule has 0 saturated heterocycles. The van der Waals surface area contributed by atoms with Crippen LogP contribution < -0.4 is 5.32 Å². The quantitative estimate of drug-likeness (QED) is 0.360. The number of unbranched alkanes of at least 4 members (excludes halogenated alkanes) is 1. The predicted octanol–water partition coefficient (Wildman–Crippen LogP) is 5.20. The largest absolute Gasteiger partial charge is 0.354 e. The first-order chi connectivity index (χ1) is 14.5. The fraction of sp³-hybridized carbons (Fsp3) is 0.417. The van der Waals surface area contributed by atoms with Gasteiger partial charge in [-0.3, -0.25) is 9.59 Å². The Kier molecular flexibility index (Phi) is 10.8. The van der Waals surface area contributed by atoms with Gasteiger partial charge in [-0.2, -0.15) is 0 Å². The van der Waals surface area contributed by atoms with Gasteiger partial charge in [0.05, 0.1) is 0 Å². The maximum Gasteiger partial charge on any atom is 0.242 e. The van der Waals surface area contributed by atoms with Gasteiger partial charge < -0.3 is 10.2 Å². The summed E-state index contributed by atoms with van der Waals surface area (Å²) in [4.78, 5) is 28.4. The molecule has 0 unspecified atom stereocenters. The van der Waals surface area contributed by atoms with E-state index in [0.717, 1.165) is 29.7 Å². The molecule has 0 fully saturated rings. The Hall–Kier alpha value is -1.98. The average Bonchev–Trinajstić information content (AvgIpc) is 2.76. The second-order valence-electron chi connectivity index (χ2n) is 7.20. The predicted molar refractivity (Wildman–Crippen MR) is 126 cm³/mol. The van der Waals surface area contributed by atoms with Gasteiger partial charge in [-0.05, 0) is 49.6 Å². The molecule has 1 N–H and O–H groups in total. The molecule has 2 rings (SSSR count). The number of carbonyl (C=O) groups is 2. The minimum Gasteiger partial charge on any atom is -0.354 e. The Morgan fingerprint density at radius 2 is 1.80 bits per heavy atom. The van der Waals surface area contributed by atoms with Crippen LogP contribution in [-0.2, 0) is 16.0 Å². The third-order valence-electron chi connectivity index (χ3n) is 4.88. The van der Waals surface area contributed by atoms with Gasteiger partial charge >= 0.3 is 0 Å². The zero-order valence-corrected chi connectivity index (χ0v) is 19.3. The van der Waals surface area contributed by atoms with Gasteiger partial charge in [0, 0.05) is 35.2 Å². The van der Waals surface area contributed by atoms with Crippen molar-refractivity contribution in [3.63, 3.8) is 0 Å². The second-order valence-corrected chi connectivity index (χ2v) is 8.80. The van der Waals surface area contributed by atoms with E-state index in [9.17, 15) is 9.59 Å². The molecule has 0 radical (unpaired) electrons. The van der Waals surface area contributed by atoms with Crippen LogP contribution in [0.25, 0.3) is 0 Å². The lowest BCUT2D eigenvalue weighted by Gasteiger charge is -2.29. The highest BCUT2D eigenvalue weighted by Crippen LogP contribution is 2.21. The van der Waals surface area contributed by atoms with Crippen LogP contribution in [0.1, 0.15) is 38.7 Å². The summed E-state index contributed by atoms with van der Waals surface area (Å²) in [5.41, 5.74) is 1.16. The summed E-state index contributed by atoms with van der Waals surface area (Å²) >= 11 is 7.54. The summed E-state index contributed by atoms with van der Waals surface area (Å²) in [6.07, 6.45) is 3.07. The summed E-state index contributed by atoms with van der Waals surface area (Å²) in [6.45, 7) is 5.07. The molecule has 0 aliphatic carbocycles. The minimum atomic E-state index is -0.487. The van der Waals surface area contributed by atoms with Crippen LogP contribution in [0.2, 0.25) is 5.02 Å². The number of hydrogen-bond donors (Lipinski definition) is 1. The van der Waals surface area contributed by atoms with Gasteiger partial charge in [-0.15, -0.1) is 11.8 Å². The van der Waals surface area contributed by atoms with Crippen LogP contribution in [0.15, 0.2) is 59.5 Å². The molecule has 0 saturated carbocycles. The summed E-state index contributed by atoms with van der Waals surface area (Å²) in [5, 5.41) is 3.65. The standard InChI is InChI=1S/C24H31ClN2O2S/c1-3-4-16-26-24(29)19(2)27(17-14-20-8-6-5-7-9-20)23(28)15-18-30-22-12-10-21(25)11-13-22/h5-13,19H,3-4,14-18H2,1-2H3,(H,26,29)/t19-/m1/s1. The van der Waals surface area contributed by atoms with Gasteiger partial charge in [0.15, 0.2) is 0 Å². The maximum absolute atomic E-state index is 13.0. The second kappa shape index (κ2) is 13.3. The number of carbonyl (C=O) groups excluding carboxylic acids is 2. The van der Waals surface area contributed by atoms with Gasteiger partial charge in [0.1, 0.15) is 6.04 Å². The van der Waals surface area contributed by atoms with Crippen molar-refractivity contribution in [1.82, 2.24) is 10.2 Å². The van der Waals surface area contributed by atoms with Crippen LogP contribution in [0.3, 0.4) is 0 Å². The van der Waals surface area contributed by atoms with E-state index in [1.54, 1.807) is 16.7 Å². The van der Waals surface area contributed by atoms with Crippen LogP contribution in [0, 0.1) is 0 Å². The smallest absolute Gasteiger partial charge is 0.242 e. The molecule has 0 aliphatic rings. The van der Waals surface area contributed by atoms with E-state index in [1.165, 1.54) is 0 Å². The zero-order valence-electron chi connectivity index (χ0n) is 17.8. The first kappa shape index (κ1) is 24.3. The number of halogens is 1. The lowest BCUT2D eigenvalue weighted by atomic mass is 10.1. The SMILES string of the molecule is CCCCNC(=O)[C@@H](C)N(CCc1ccccc1)C(=O)CCSc1ccc(Cl)cc1. The Balaban J connectivity index is 1.96. The number of hydrogen-bond acceptors (Lipinski definition) is 3. The molecule has 0 spiro atoms. The third kappa shape index (κ3) is 8.41. The van der Waals surface area contributed by atoms with Crippen LogP contribution in [0.4, 0.5) is 0 Å². The molecular formula is C24H31ClN2O2S. The van der Waals surface area contributed by atoms with Gasteiger partial charge in [-0.1, -0.05) is 55.3 Å². The summed E-state index contributed by atoms with van der Waals surface area (Å²) in [7, 11) is 0. The van der Waals surface area contributed by atoms with Crippen molar-refractivity contribution < 1.29 is 9.59 Å². The Morgan fingerprint density at radius 1 is 1.10 bits per heavy atom. The highest BCUT2D eigenvalue weighted by Gasteiger charge is 2.25. The summed E-state index contributed by atoms with van der Waals surface area (Å²) in [6, 6.07) is 17.2. The van der Waals surface area contributed by atoms with E-state index >= 15 is 0 Å². The number of benzene rings is 2. The summed E-state index contributed by atoms with van der Waals surface area (Å²) in [5.74, 6) is 0.577. The first-order valence-corrected chi connectivity index (χ1v) is 11.9. The van der Waals surface area contributed by atoms with E-state index in [1.807, 2.05) is 61.5 Å². The topological polar surface area (TPSA) is 49.4 Å². The number of nitrogens with zero attached hydrogens (tertiary/aromatic N) is 1. The first-order valence-electron chi connectivity index (χ1n) is 10.5. The molecule has 0 heterocycles. The molecule has 2 aromatic carbocycles. The number of nitrogens with one attached hydrogen (secondary N) is 1. The molecule has 0 aliphatic heterocycles. The fourth-order valence-electron chi connectivity index (χ4n) is 3.04. The van der Waals surface area contributed by atoms with Crippen LogP contribution >= 0.6 is 23.4 Å². The number of rotatable bonds is 12. The molecule has 2 amide bonds. The minimum absolute atomic E-state index is 0.00513. The molecule has 30 heavy (non-hydrogen) atoms. The highest BCUT2D eigenvalue weighted by atomic mass is 35.5. The van der Waals surface area contributed by atoms with Crippen molar-refractivity contribution in [2.24, 2.45) is 0 Å². The summed E-state index contributed by atoms with van der Waals surface area (Å²) < 4.78 is 0. The van der Waals surface area contributed by atoms with E-state index in [4.69, 9.17) is 11.6 Å². The molecule has 2 aromatic rings. The van der Waals surface area contributed by atoms with Crippen LogP contribution in [0.5, 0.6) is 0 Å². The molecule has 6 heteroatoms. The maximum atomic E-state index is 13.0. The monoisotopic (exact) mass is 446 g/mol. The third-order valence-corrected chi connectivity index (χ3v) is 6.15. The van der Waals surface area contributed by atoms with Crippen molar-refractivity contribution in [3.05, 3.63) is 65.2 Å². The van der Waals surface area contributed by atoms with E-state index in [2.05, 4.69) is 12.2 Å². The average molecular weight is 447 g/mol. The van der Waals surface area contributed by atoms with Crippen molar-refractivity contribution in [2.45, 2.75) is 50.5 Å². The molecular weight excluding hydrogens is 416 g/mol. The molecule has 1 atom stereocenters. The van der Waals surface area contributed by atoms with Gasteiger partial charge in [-0.25, -0.2) is 0 Å². The van der Waals surface area contributed by atoms with E-state index in [-0.39, 0.29) is 11.8 Å². The van der Waals surface area contributed by atoms with Crippen molar-refractivity contribution >= 4 is 35.2 Å².